The summed E-state index contributed by atoms with van der Waals surface area (Å²) in [5.41, 5.74) is 4.17. The van der Waals surface area contributed by atoms with E-state index in [9.17, 15) is 0 Å². The number of para-hydroxylation sites is 1. The lowest BCUT2D eigenvalue weighted by Crippen LogP contribution is -2.02. The van der Waals surface area contributed by atoms with Gasteiger partial charge in [0.1, 0.15) is 5.82 Å². The number of rotatable bonds is 3. The fourth-order valence-electron chi connectivity index (χ4n) is 2.39. The largest absolute Gasteiger partial charge is 0.295 e. The molecule has 0 fully saturated rings. The molecule has 4 heteroatoms. The van der Waals surface area contributed by atoms with Gasteiger partial charge in [-0.25, -0.2) is 4.98 Å². The van der Waals surface area contributed by atoms with Crippen LogP contribution >= 0.6 is 23.2 Å². The van der Waals surface area contributed by atoms with Crippen molar-refractivity contribution in [1.29, 1.82) is 0 Å². The van der Waals surface area contributed by atoms with Crippen molar-refractivity contribution in [3.63, 3.8) is 0 Å². The number of benzene rings is 2. The van der Waals surface area contributed by atoms with Gasteiger partial charge >= 0.3 is 0 Å². The summed E-state index contributed by atoms with van der Waals surface area (Å²) in [7, 11) is 0. The molecule has 0 aliphatic rings. The van der Waals surface area contributed by atoms with E-state index in [1.165, 1.54) is 5.56 Å². The minimum Gasteiger partial charge on any atom is -0.295 e. The first-order valence-corrected chi connectivity index (χ1v) is 7.41. The van der Waals surface area contributed by atoms with Gasteiger partial charge in [-0.1, -0.05) is 29.8 Å². The third-order valence-electron chi connectivity index (χ3n) is 3.29. The molecule has 2 nitrogen and oxygen atoms in total. The van der Waals surface area contributed by atoms with E-state index < -0.39 is 0 Å². The highest BCUT2D eigenvalue weighted by Crippen LogP contribution is 2.27. The van der Waals surface area contributed by atoms with E-state index in [4.69, 9.17) is 28.2 Å². The Morgan fingerprint density at radius 2 is 1.95 bits per heavy atom. The molecule has 0 radical (unpaired) electrons. The Labute approximate surface area is 128 Å². The molecule has 0 amide bonds. The Hall–Kier alpha value is -1.51. The summed E-state index contributed by atoms with van der Waals surface area (Å²) in [6, 6.07) is 14.0. The van der Waals surface area contributed by atoms with Crippen molar-refractivity contribution in [3.8, 4) is 5.69 Å². The van der Waals surface area contributed by atoms with Crippen LogP contribution in [0.5, 0.6) is 0 Å². The fraction of sp³-hybridized carbons (Fsp3) is 0.188. The summed E-state index contributed by atoms with van der Waals surface area (Å²) in [6.45, 7) is 2.06. The van der Waals surface area contributed by atoms with E-state index in [-0.39, 0.29) is 0 Å². The van der Waals surface area contributed by atoms with Crippen LogP contribution in [-0.4, -0.2) is 15.4 Å². The van der Waals surface area contributed by atoms with Crippen molar-refractivity contribution in [3.05, 3.63) is 58.9 Å². The number of hydrogen-bond donors (Lipinski definition) is 0. The second kappa shape index (κ2) is 5.47. The van der Waals surface area contributed by atoms with Crippen LogP contribution in [0.15, 0.2) is 42.5 Å². The first-order valence-electron chi connectivity index (χ1n) is 6.49. The highest BCUT2D eigenvalue weighted by atomic mass is 35.5. The molecule has 3 rings (SSSR count). The average molecular weight is 305 g/mol. The maximum Gasteiger partial charge on any atom is 0.115 e. The summed E-state index contributed by atoms with van der Waals surface area (Å²) in [5, 5.41) is 0.711. The van der Waals surface area contributed by atoms with Crippen molar-refractivity contribution in [1.82, 2.24) is 9.55 Å². The normalized spacial score (nSPS) is 11.2. The van der Waals surface area contributed by atoms with Crippen molar-refractivity contribution < 1.29 is 0 Å². The molecule has 0 aliphatic carbocycles. The molecule has 0 bridgehead atoms. The molecule has 0 N–H and O–H groups in total. The monoisotopic (exact) mass is 304 g/mol. The molecule has 0 unspecified atom stereocenters. The zero-order valence-electron chi connectivity index (χ0n) is 11.1. The van der Waals surface area contributed by atoms with Crippen LogP contribution in [0.4, 0.5) is 0 Å². The Morgan fingerprint density at radius 1 is 1.15 bits per heavy atom. The van der Waals surface area contributed by atoms with Gasteiger partial charge in [0, 0.05) is 12.3 Å². The van der Waals surface area contributed by atoms with E-state index in [2.05, 4.69) is 29.7 Å². The average Bonchev–Trinajstić information content (AvgIpc) is 2.77. The number of imidazole rings is 1. The molecule has 1 aromatic heterocycles. The maximum absolute atomic E-state index is 6.34. The fourth-order valence-corrected chi connectivity index (χ4v) is 2.78. The summed E-state index contributed by atoms with van der Waals surface area (Å²) in [4.78, 5) is 4.70. The Morgan fingerprint density at radius 3 is 2.70 bits per heavy atom. The summed E-state index contributed by atoms with van der Waals surface area (Å²) >= 11 is 12.2. The smallest absolute Gasteiger partial charge is 0.115 e. The minimum absolute atomic E-state index is 0.534. The van der Waals surface area contributed by atoms with E-state index in [0.717, 1.165) is 22.5 Å². The van der Waals surface area contributed by atoms with Gasteiger partial charge in [-0.15, -0.1) is 11.6 Å². The molecule has 0 atom stereocenters. The van der Waals surface area contributed by atoms with Crippen LogP contribution in [0.25, 0.3) is 16.7 Å². The second-order valence-electron chi connectivity index (χ2n) is 4.75. The summed E-state index contributed by atoms with van der Waals surface area (Å²) in [6.07, 6.45) is 0.709. The van der Waals surface area contributed by atoms with Crippen molar-refractivity contribution in [2.45, 2.75) is 13.3 Å². The molecular weight excluding hydrogens is 291 g/mol. The van der Waals surface area contributed by atoms with Gasteiger partial charge in [0.2, 0.25) is 0 Å². The molecule has 0 saturated heterocycles. The lowest BCUT2D eigenvalue weighted by molar-refractivity contribution is 0.912. The van der Waals surface area contributed by atoms with Crippen molar-refractivity contribution >= 4 is 34.2 Å². The van der Waals surface area contributed by atoms with Crippen LogP contribution in [0.2, 0.25) is 5.02 Å². The lowest BCUT2D eigenvalue weighted by atomic mass is 10.2. The number of halogens is 2. The first kappa shape index (κ1) is 13.5. The van der Waals surface area contributed by atoms with Gasteiger partial charge in [0.25, 0.3) is 0 Å². The van der Waals surface area contributed by atoms with Gasteiger partial charge in [0.15, 0.2) is 0 Å². The third kappa shape index (κ3) is 2.30. The van der Waals surface area contributed by atoms with Crippen LogP contribution < -0.4 is 0 Å². The quantitative estimate of drug-likeness (QED) is 0.637. The highest BCUT2D eigenvalue weighted by molar-refractivity contribution is 6.32. The lowest BCUT2D eigenvalue weighted by Gasteiger charge is -2.10. The topological polar surface area (TPSA) is 17.8 Å². The highest BCUT2D eigenvalue weighted by Gasteiger charge is 2.14. The van der Waals surface area contributed by atoms with Gasteiger partial charge in [-0.05, 0) is 36.8 Å². The molecule has 0 saturated carbocycles. The summed E-state index contributed by atoms with van der Waals surface area (Å²) < 4.78 is 2.10. The summed E-state index contributed by atoms with van der Waals surface area (Å²) in [5.74, 6) is 1.47. The zero-order valence-corrected chi connectivity index (χ0v) is 12.6. The molecule has 0 aliphatic heterocycles. The van der Waals surface area contributed by atoms with E-state index in [0.29, 0.717) is 17.3 Å². The predicted octanol–water partition coefficient (Wildman–Crippen LogP) is 4.77. The Bertz CT molecular complexity index is 762. The SMILES string of the molecule is Cc1ccc2c(c1)nc(CCCl)n2-c1ccccc1Cl. The Balaban J connectivity index is 2.32. The zero-order chi connectivity index (χ0) is 14.1. The number of nitrogens with zero attached hydrogens (tertiary/aromatic N) is 2. The number of alkyl halides is 1. The first-order chi connectivity index (χ1) is 9.70. The molecule has 1 heterocycles. The number of fused-ring (bicyclic) bond motifs is 1. The van der Waals surface area contributed by atoms with Crippen LogP contribution in [0, 0.1) is 6.92 Å². The second-order valence-corrected chi connectivity index (χ2v) is 5.53. The molecule has 20 heavy (non-hydrogen) atoms. The van der Waals surface area contributed by atoms with E-state index >= 15 is 0 Å². The molecular formula is C16H14Cl2N2. The molecule has 3 aromatic rings. The number of aromatic nitrogens is 2. The molecule has 2 aromatic carbocycles. The van der Waals surface area contributed by atoms with Gasteiger partial charge < -0.3 is 0 Å². The Kier molecular flexibility index (Phi) is 3.68. The maximum atomic E-state index is 6.34. The number of aryl methyl sites for hydroxylation is 2. The third-order valence-corrected chi connectivity index (χ3v) is 3.80. The van der Waals surface area contributed by atoms with E-state index in [1.807, 2.05) is 24.3 Å². The van der Waals surface area contributed by atoms with Crippen molar-refractivity contribution in [2.24, 2.45) is 0 Å². The van der Waals surface area contributed by atoms with E-state index in [1.54, 1.807) is 0 Å². The molecule has 102 valence electrons. The van der Waals surface area contributed by atoms with Gasteiger partial charge in [-0.2, -0.15) is 0 Å². The van der Waals surface area contributed by atoms with Gasteiger partial charge in [0.05, 0.1) is 21.7 Å². The minimum atomic E-state index is 0.534. The standard InChI is InChI=1S/C16H14Cl2N2/c1-11-6-7-15-13(10-11)19-16(8-9-17)20(15)14-5-3-2-4-12(14)18/h2-7,10H,8-9H2,1H3. The van der Waals surface area contributed by atoms with Crippen LogP contribution in [0.1, 0.15) is 11.4 Å². The van der Waals surface area contributed by atoms with Gasteiger partial charge in [-0.3, -0.25) is 4.57 Å². The van der Waals surface area contributed by atoms with Crippen molar-refractivity contribution in [2.75, 3.05) is 5.88 Å². The predicted molar refractivity (Wildman–Crippen MR) is 85.2 cm³/mol. The van der Waals surface area contributed by atoms with Crippen LogP contribution in [0.3, 0.4) is 0 Å². The number of hydrogen-bond acceptors (Lipinski definition) is 1. The van der Waals surface area contributed by atoms with Crippen LogP contribution in [-0.2, 0) is 6.42 Å². The molecule has 0 spiro atoms.